The number of nitrogens with zero attached hydrogens (tertiary/aromatic N) is 3. The van der Waals surface area contributed by atoms with Crippen LogP contribution in [0.25, 0.3) is 10.9 Å². The van der Waals surface area contributed by atoms with E-state index < -0.39 is 4.92 Å². The van der Waals surface area contributed by atoms with Gasteiger partial charge in [-0.1, -0.05) is 0 Å². The topological polar surface area (TPSA) is 91.8 Å². The fraction of sp³-hybridized carbons (Fsp3) is 0. The summed E-state index contributed by atoms with van der Waals surface area (Å²) in [6, 6.07) is 12.0. The number of hydrogen-bond acceptors (Lipinski definition) is 5. The first-order chi connectivity index (χ1) is 11.5. The van der Waals surface area contributed by atoms with Crippen LogP contribution in [0, 0.1) is 21.4 Å². The van der Waals surface area contributed by atoms with Crippen molar-refractivity contribution in [1.29, 1.82) is 5.26 Å². The number of nitriles is 1. The largest absolute Gasteiger partial charge is 0.354 e. The monoisotopic (exact) mass is 446 g/mol. The number of nitrogens with one attached hydrogen (secondary N) is 1. The fourth-order valence-electron chi connectivity index (χ4n) is 2.23. The van der Waals surface area contributed by atoms with Gasteiger partial charge in [-0.05, 0) is 56.1 Å². The number of benzene rings is 2. The molecule has 1 heterocycles. The maximum Gasteiger partial charge on any atom is 0.270 e. The molecular weight excluding hydrogens is 440 g/mol. The fourth-order valence-corrected chi connectivity index (χ4v) is 2.86. The van der Waals surface area contributed by atoms with E-state index in [0.717, 1.165) is 14.6 Å². The first-order valence-electron chi connectivity index (χ1n) is 6.69. The summed E-state index contributed by atoms with van der Waals surface area (Å²) >= 11 is 6.82. The molecule has 118 valence electrons. The molecule has 0 aliphatic rings. The highest BCUT2D eigenvalue weighted by Gasteiger charge is 2.14. The van der Waals surface area contributed by atoms with Crippen molar-refractivity contribution in [3.63, 3.8) is 0 Å². The van der Waals surface area contributed by atoms with Gasteiger partial charge in [0.25, 0.3) is 5.69 Å². The molecule has 1 N–H and O–H groups in total. The molecule has 0 spiro atoms. The predicted molar refractivity (Wildman–Crippen MR) is 98.2 cm³/mol. The van der Waals surface area contributed by atoms with Crippen LogP contribution in [0.3, 0.4) is 0 Å². The molecule has 0 radical (unpaired) electrons. The van der Waals surface area contributed by atoms with Gasteiger partial charge in [0.2, 0.25) is 0 Å². The summed E-state index contributed by atoms with van der Waals surface area (Å²) in [5.74, 6) is 0. The van der Waals surface area contributed by atoms with Crippen LogP contribution in [0.15, 0.2) is 51.5 Å². The van der Waals surface area contributed by atoms with Crippen molar-refractivity contribution < 1.29 is 4.92 Å². The number of aromatic nitrogens is 1. The zero-order chi connectivity index (χ0) is 17.3. The Balaban J connectivity index is 2.19. The van der Waals surface area contributed by atoms with E-state index in [-0.39, 0.29) is 5.69 Å². The molecule has 0 atom stereocenters. The molecule has 0 bridgehead atoms. The van der Waals surface area contributed by atoms with Gasteiger partial charge in [0.15, 0.2) is 0 Å². The van der Waals surface area contributed by atoms with Crippen molar-refractivity contribution in [3.05, 3.63) is 67.2 Å². The van der Waals surface area contributed by atoms with Gasteiger partial charge in [0.1, 0.15) is 6.07 Å². The lowest BCUT2D eigenvalue weighted by Crippen LogP contribution is -1.98. The van der Waals surface area contributed by atoms with E-state index in [4.69, 9.17) is 0 Å². The first-order valence-corrected chi connectivity index (χ1v) is 8.27. The third-order valence-electron chi connectivity index (χ3n) is 3.37. The van der Waals surface area contributed by atoms with Crippen molar-refractivity contribution >= 4 is 59.8 Å². The standard InChI is InChI=1S/C16H8Br2N4O2/c17-13-3-1-10(5-14(13)18)21-16-9(7-19)8-20-15-4-2-11(22(23)24)6-12(15)16/h1-6,8H,(H,20,21). The van der Waals surface area contributed by atoms with E-state index >= 15 is 0 Å². The lowest BCUT2D eigenvalue weighted by molar-refractivity contribution is -0.384. The number of pyridine rings is 1. The highest BCUT2D eigenvalue weighted by atomic mass is 79.9. The Morgan fingerprint density at radius 1 is 1.17 bits per heavy atom. The molecule has 0 saturated carbocycles. The van der Waals surface area contributed by atoms with E-state index in [0.29, 0.717) is 22.2 Å². The highest BCUT2D eigenvalue weighted by Crippen LogP contribution is 2.33. The second-order valence-corrected chi connectivity index (χ2v) is 6.58. The molecule has 3 aromatic rings. The quantitative estimate of drug-likeness (QED) is 0.435. The summed E-state index contributed by atoms with van der Waals surface area (Å²) < 4.78 is 1.74. The van der Waals surface area contributed by atoms with Crippen LogP contribution < -0.4 is 5.32 Å². The predicted octanol–water partition coefficient (Wildman–Crippen LogP) is 5.28. The van der Waals surface area contributed by atoms with Gasteiger partial charge in [-0.2, -0.15) is 5.26 Å². The number of hydrogen-bond donors (Lipinski definition) is 1. The second-order valence-electron chi connectivity index (χ2n) is 4.87. The Labute approximate surface area is 153 Å². The van der Waals surface area contributed by atoms with Crippen LogP contribution in [0.4, 0.5) is 17.1 Å². The van der Waals surface area contributed by atoms with E-state index in [1.807, 2.05) is 18.2 Å². The molecule has 0 amide bonds. The van der Waals surface area contributed by atoms with Gasteiger partial charge in [0, 0.05) is 38.3 Å². The molecule has 0 saturated heterocycles. The minimum atomic E-state index is -0.474. The lowest BCUT2D eigenvalue weighted by atomic mass is 10.1. The highest BCUT2D eigenvalue weighted by molar-refractivity contribution is 9.13. The summed E-state index contributed by atoms with van der Waals surface area (Å²) in [7, 11) is 0. The maximum atomic E-state index is 11.0. The summed E-state index contributed by atoms with van der Waals surface area (Å²) in [6.07, 6.45) is 1.45. The summed E-state index contributed by atoms with van der Waals surface area (Å²) in [6.45, 7) is 0. The van der Waals surface area contributed by atoms with Gasteiger partial charge in [-0.15, -0.1) is 0 Å². The van der Waals surface area contributed by atoms with Gasteiger partial charge in [0.05, 0.1) is 21.7 Å². The van der Waals surface area contributed by atoms with Crippen LogP contribution in [0.5, 0.6) is 0 Å². The number of rotatable bonds is 3. The smallest absolute Gasteiger partial charge is 0.270 e. The van der Waals surface area contributed by atoms with Crippen LogP contribution in [0.2, 0.25) is 0 Å². The van der Waals surface area contributed by atoms with Crippen LogP contribution in [-0.4, -0.2) is 9.91 Å². The maximum absolute atomic E-state index is 11.0. The molecule has 1 aromatic heterocycles. The van der Waals surface area contributed by atoms with E-state index in [1.54, 1.807) is 6.07 Å². The van der Waals surface area contributed by atoms with Gasteiger partial charge < -0.3 is 5.32 Å². The Morgan fingerprint density at radius 3 is 2.62 bits per heavy atom. The summed E-state index contributed by atoms with van der Waals surface area (Å²) in [5, 5.41) is 24.1. The summed E-state index contributed by atoms with van der Waals surface area (Å²) in [5.41, 5.74) is 2.04. The second kappa shape index (κ2) is 6.55. The van der Waals surface area contributed by atoms with Crippen LogP contribution in [0.1, 0.15) is 5.56 Å². The van der Waals surface area contributed by atoms with Crippen molar-refractivity contribution in [2.75, 3.05) is 5.32 Å². The zero-order valence-corrected chi connectivity index (χ0v) is 15.1. The molecular formula is C16H8Br2N4O2. The molecule has 24 heavy (non-hydrogen) atoms. The number of non-ortho nitro benzene ring substituents is 1. The molecule has 0 aliphatic heterocycles. The molecule has 0 unspecified atom stereocenters. The molecule has 0 fully saturated rings. The Kier molecular flexibility index (Phi) is 4.46. The van der Waals surface area contributed by atoms with Crippen LogP contribution in [-0.2, 0) is 0 Å². The zero-order valence-electron chi connectivity index (χ0n) is 12.0. The number of nitro groups is 1. The number of fused-ring (bicyclic) bond motifs is 1. The number of anilines is 2. The average Bonchev–Trinajstić information content (AvgIpc) is 2.58. The first kappa shape index (κ1) is 16.4. The minimum Gasteiger partial charge on any atom is -0.354 e. The molecule has 6 nitrogen and oxygen atoms in total. The van der Waals surface area contributed by atoms with Gasteiger partial charge in [-0.3, -0.25) is 15.1 Å². The van der Waals surface area contributed by atoms with Crippen molar-refractivity contribution in [1.82, 2.24) is 4.98 Å². The van der Waals surface area contributed by atoms with E-state index in [9.17, 15) is 15.4 Å². The molecule has 3 rings (SSSR count). The number of halogens is 2. The number of nitro benzene ring substituents is 1. The Bertz CT molecular complexity index is 1010. The SMILES string of the molecule is N#Cc1cnc2ccc([N+](=O)[O-])cc2c1Nc1ccc(Br)c(Br)c1. The molecule has 8 heteroatoms. The molecule has 0 aliphatic carbocycles. The van der Waals surface area contributed by atoms with Gasteiger partial charge in [-0.25, -0.2) is 0 Å². The third-order valence-corrected chi connectivity index (χ3v) is 5.25. The molecule has 2 aromatic carbocycles. The van der Waals surface area contributed by atoms with Crippen molar-refractivity contribution in [3.8, 4) is 6.07 Å². The Hall–Kier alpha value is -2.50. The van der Waals surface area contributed by atoms with Crippen LogP contribution >= 0.6 is 31.9 Å². The lowest BCUT2D eigenvalue weighted by Gasteiger charge is -2.12. The van der Waals surface area contributed by atoms with Gasteiger partial charge >= 0.3 is 0 Å². The Morgan fingerprint density at radius 2 is 1.96 bits per heavy atom. The van der Waals surface area contributed by atoms with Crippen molar-refractivity contribution in [2.45, 2.75) is 0 Å². The minimum absolute atomic E-state index is 0.0561. The third kappa shape index (κ3) is 3.09. The van der Waals surface area contributed by atoms with E-state index in [1.165, 1.54) is 18.3 Å². The normalized spacial score (nSPS) is 10.4. The van der Waals surface area contributed by atoms with Crippen molar-refractivity contribution in [2.24, 2.45) is 0 Å². The summed E-state index contributed by atoms with van der Waals surface area (Å²) in [4.78, 5) is 14.7. The van der Waals surface area contributed by atoms with E-state index in [2.05, 4.69) is 48.2 Å². The average molecular weight is 448 g/mol.